The number of amides is 1. The Bertz CT molecular complexity index is 341. The van der Waals surface area contributed by atoms with E-state index in [4.69, 9.17) is 0 Å². The molecule has 6 heteroatoms. The largest absolute Gasteiger partial charge is 0.334 e. The normalized spacial score (nSPS) is 21.3. The molecule has 0 spiro atoms. The molecule has 5 nitrogen and oxygen atoms in total. The Morgan fingerprint density at radius 3 is 3.19 bits per heavy atom. The molecule has 2 heterocycles. The third kappa shape index (κ3) is 2.56. The average molecular weight is 240 g/mol. The van der Waals surface area contributed by atoms with Gasteiger partial charge in [-0.15, -0.1) is 5.10 Å². The van der Waals surface area contributed by atoms with Crippen LogP contribution in [0.25, 0.3) is 0 Å². The van der Waals surface area contributed by atoms with Crippen LogP contribution >= 0.6 is 11.5 Å². The van der Waals surface area contributed by atoms with Crippen molar-refractivity contribution in [3.63, 3.8) is 0 Å². The summed E-state index contributed by atoms with van der Waals surface area (Å²) in [6.45, 7) is 3.59. The van der Waals surface area contributed by atoms with Crippen molar-refractivity contribution >= 4 is 17.4 Å². The summed E-state index contributed by atoms with van der Waals surface area (Å²) in [4.78, 5) is 13.5. The van der Waals surface area contributed by atoms with E-state index in [9.17, 15) is 4.79 Å². The molecular weight excluding hydrogens is 224 g/mol. The maximum absolute atomic E-state index is 11.4. The Kier molecular flexibility index (Phi) is 3.84. The third-order valence-corrected chi connectivity index (χ3v) is 3.24. The number of unbranched alkanes of at least 4 members (excludes halogenated alkanes) is 2. The number of carbonyl (C=O) groups is 1. The highest BCUT2D eigenvalue weighted by molar-refractivity contribution is 7.03. The molecule has 1 aromatic rings. The highest BCUT2D eigenvalue weighted by atomic mass is 32.1. The molecule has 0 aromatic carbocycles. The molecule has 0 saturated carbocycles. The van der Waals surface area contributed by atoms with Gasteiger partial charge in [-0.2, -0.15) is 0 Å². The van der Waals surface area contributed by atoms with Crippen molar-refractivity contribution in [1.29, 1.82) is 0 Å². The van der Waals surface area contributed by atoms with Gasteiger partial charge in [-0.1, -0.05) is 24.3 Å². The van der Waals surface area contributed by atoms with E-state index in [1.54, 1.807) is 0 Å². The fourth-order valence-corrected chi connectivity index (χ4v) is 2.36. The molecular formula is C10H16N4OS. The smallest absolute Gasteiger partial charge is 0.235 e. The Hall–Kier alpha value is -1.01. The second-order valence-electron chi connectivity index (χ2n) is 3.98. The molecule has 2 rings (SSSR count). The Balaban J connectivity index is 1.96. The summed E-state index contributed by atoms with van der Waals surface area (Å²) in [5, 5.41) is 8.84. The van der Waals surface area contributed by atoms with Gasteiger partial charge in [0, 0.05) is 11.9 Å². The van der Waals surface area contributed by atoms with Crippen LogP contribution in [0.15, 0.2) is 5.38 Å². The van der Waals surface area contributed by atoms with Gasteiger partial charge < -0.3 is 5.32 Å². The van der Waals surface area contributed by atoms with E-state index < -0.39 is 0 Å². The standard InChI is InChI=1S/C10H16N4OS/c1-2-3-4-5-14-6-9(15)11-10(14)8-7-16-13-12-8/h7,10H,2-6H2,1H3,(H,11,15)/t10-/m1/s1. The molecule has 1 fully saturated rings. The highest BCUT2D eigenvalue weighted by Gasteiger charge is 2.31. The predicted molar refractivity (Wildman–Crippen MR) is 61.9 cm³/mol. The topological polar surface area (TPSA) is 58.1 Å². The summed E-state index contributed by atoms with van der Waals surface area (Å²) in [5.74, 6) is 0.0782. The van der Waals surface area contributed by atoms with Crippen molar-refractivity contribution in [3.8, 4) is 0 Å². The molecule has 1 amide bonds. The molecule has 1 atom stereocenters. The Labute approximate surface area is 99.0 Å². The quantitative estimate of drug-likeness (QED) is 0.785. The van der Waals surface area contributed by atoms with Gasteiger partial charge in [0.15, 0.2) is 0 Å². The van der Waals surface area contributed by atoms with Gasteiger partial charge in [0.05, 0.1) is 6.54 Å². The molecule has 1 saturated heterocycles. The lowest BCUT2D eigenvalue weighted by molar-refractivity contribution is -0.118. The number of hydrogen-bond donors (Lipinski definition) is 1. The lowest BCUT2D eigenvalue weighted by Gasteiger charge is -2.20. The van der Waals surface area contributed by atoms with Crippen molar-refractivity contribution in [3.05, 3.63) is 11.1 Å². The van der Waals surface area contributed by atoms with Crippen LogP contribution in [0, 0.1) is 0 Å². The number of nitrogens with one attached hydrogen (secondary N) is 1. The van der Waals surface area contributed by atoms with Gasteiger partial charge >= 0.3 is 0 Å². The third-order valence-electron chi connectivity index (χ3n) is 2.72. The van der Waals surface area contributed by atoms with Crippen LogP contribution in [0.1, 0.15) is 38.0 Å². The first-order valence-corrected chi connectivity index (χ1v) is 6.45. The number of carbonyl (C=O) groups excluding carboxylic acids is 1. The summed E-state index contributed by atoms with van der Waals surface area (Å²) >= 11 is 1.32. The van der Waals surface area contributed by atoms with Gasteiger partial charge in [0.2, 0.25) is 5.91 Å². The molecule has 0 bridgehead atoms. The fraction of sp³-hybridized carbons (Fsp3) is 0.700. The summed E-state index contributed by atoms with van der Waals surface area (Å²) in [5.41, 5.74) is 0.854. The van der Waals surface area contributed by atoms with E-state index in [1.807, 2.05) is 5.38 Å². The second kappa shape index (κ2) is 5.36. The van der Waals surface area contributed by atoms with Crippen LogP contribution in [-0.2, 0) is 4.79 Å². The summed E-state index contributed by atoms with van der Waals surface area (Å²) in [7, 11) is 0. The van der Waals surface area contributed by atoms with E-state index in [0.717, 1.165) is 18.7 Å². The molecule has 0 radical (unpaired) electrons. The van der Waals surface area contributed by atoms with Crippen LogP contribution in [0.5, 0.6) is 0 Å². The molecule has 1 aliphatic heterocycles. The summed E-state index contributed by atoms with van der Waals surface area (Å²) < 4.78 is 3.84. The van der Waals surface area contributed by atoms with Crippen molar-refractivity contribution in [1.82, 2.24) is 19.8 Å². The molecule has 1 aromatic heterocycles. The zero-order chi connectivity index (χ0) is 11.4. The van der Waals surface area contributed by atoms with Crippen molar-refractivity contribution in [2.24, 2.45) is 0 Å². The molecule has 1 N–H and O–H groups in total. The first-order valence-electron chi connectivity index (χ1n) is 5.61. The summed E-state index contributed by atoms with van der Waals surface area (Å²) in [6.07, 6.45) is 3.45. The van der Waals surface area contributed by atoms with E-state index in [1.165, 1.54) is 24.4 Å². The van der Waals surface area contributed by atoms with E-state index in [2.05, 4.69) is 26.7 Å². The Morgan fingerprint density at radius 2 is 2.50 bits per heavy atom. The molecule has 16 heavy (non-hydrogen) atoms. The zero-order valence-corrected chi connectivity index (χ0v) is 10.2. The van der Waals surface area contributed by atoms with Crippen LogP contribution in [-0.4, -0.2) is 33.5 Å². The van der Waals surface area contributed by atoms with Gasteiger partial charge in [-0.05, 0) is 18.0 Å². The first-order chi connectivity index (χ1) is 7.81. The van der Waals surface area contributed by atoms with Gasteiger partial charge in [0.25, 0.3) is 0 Å². The lowest BCUT2D eigenvalue weighted by Crippen LogP contribution is -2.28. The number of rotatable bonds is 5. The van der Waals surface area contributed by atoms with Crippen LogP contribution < -0.4 is 5.32 Å². The van der Waals surface area contributed by atoms with Crippen LogP contribution in [0.4, 0.5) is 0 Å². The molecule has 88 valence electrons. The Morgan fingerprint density at radius 1 is 1.62 bits per heavy atom. The predicted octanol–water partition coefficient (Wildman–Crippen LogP) is 1.16. The highest BCUT2D eigenvalue weighted by Crippen LogP contribution is 2.21. The monoisotopic (exact) mass is 240 g/mol. The number of nitrogens with zero attached hydrogens (tertiary/aromatic N) is 3. The lowest BCUT2D eigenvalue weighted by atomic mass is 10.2. The number of hydrogen-bond acceptors (Lipinski definition) is 5. The van der Waals surface area contributed by atoms with E-state index >= 15 is 0 Å². The minimum Gasteiger partial charge on any atom is -0.334 e. The minimum atomic E-state index is -0.0666. The van der Waals surface area contributed by atoms with E-state index in [-0.39, 0.29) is 12.1 Å². The van der Waals surface area contributed by atoms with Gasteiger partial charge in [-0.3, -0.25) is 9.69 Å². The zero-order valence-electron chi connectivity index (χ0n) is 9.35. The SMILES string of the molecule is CCCCCN1CC(=O)N[C@H]1c1csnn1. The van der Waals surface area contributed by atoms with E-state index in [0.29, 0.717) is 6.54 Å². The first kappa shape index (κ1) is 11.5. The molecule has 0 aliphatic carbocycles. The second-order valence-corrected chi connectivity index (χ2v) is 4.59. The number of aromatic nitrogens is 2. The fourth-order valence-electron chi connectivity index (χ4n) is 1.89. The minimum absolute atomic E-state index is 0.0666. The summed E-state index contributed by atoms with van der Waals surface area (Å²) in [6, 6.07) is 0. The van der Waals surface area contributed by atoms with Gasteiger partial charge in [0.1, 0.15) is 11.9 Å². The molecule has 1 aliphatic rings. The maximum atomic E-state index is 11.4. The van der Waals surface area contributed by atoms with Crippen LogP contribution in [0.2, 0.25) is 0 Å². The van der Waals surface area contributed by atoms with Crippen LogP contribution in [0.3, 0.4) is 0 Å². The van der Waals surface area contributed by atoms with Crippen molar-refractivity contribution in [2.45, 2.75) is 32.4 Å². The average Bonchev–Trinajstić information content (AvgIpc) is 2.87. The van der Waals surface area contributed by atoms with Crippen molar-refractivity contribution in [2.75, 3.05) is 13.1 Å². The van der Waals surface area contributed by atoms with Crippen molar-refractivity contribution < 1.29 is 4.79 Å². The maximum Gasteiger partial charge on any atom is 0.235 e. The molecule has 0 unspecified atom stereocenters. The van der Waals surface area contributed by atoms with Gasteiger partial charge in [-0.25, -0.2) is 0 Å².